The zero-order valence-corrected chi connectivity index (χ0v) is 14.6. The van der Waals surface area contributed by atoms with Gasteiger partial charge < -0.3 is 5.32 Å². The lowest BCUT2D eigenvalue weighted by molar-refractivity contribution is 0.165. The van der Waals surface area contributed by atoms with Crippen LogP contribution in [0.3, 0.4) is 0 Å². The van der Waals surface area contributed by atoms with E-state index in [1.807, 2.05) is 18.2 Å². The molecule has 118 valence electrons. The lowest BCUT2D eigenvalue weighted by atomic mass is 9.97. The van der Waals surface area contributed by atoms with Gasteiger partial charge in [0.25, 0.3) is 0 Å². The number of nitrogens with one attached hydrogen (secondary N) is 1. The van der Waals surface area contributed by atoms with Crippen LogP contribution in [-0.2, 0) is 6.54 Å². The minimum atomic E-state index is 0.714. The van der Waals surface area contributed by atoms with Crippen LogP contribution >= 0.6 is 23.2 Å². The fraction of sp³-hybridized carbons (Fsp3) is 0.647. The molecule has 21 heavy (non-hydrogen) atoms. The van der Waals surface area contributed by atoms with Crippen molar-refractivity contribution in [2.24, 2.45) is 11.8 Å². The SMILES string of the molecule is CC(C)CNCC1CCCN(Cc2c(Cl)cccc2Cl)C1. The predicted molar refractivity (Wildman–Crippen MR) is 92.2 cm³/mol. The zero-order valence-electron chi connectivity index (χ0n) is 13.0. The van der Waals surface area contributed by atoms with E-state index >= 15 is 0 Å². The first-order valence-corrected chi connectivity index (χ1v) is 8.67. The van der Waals surface area contributed by atoms with Crippen LogP contribution in [0.1, 0.15) is 32.3 Å². The van der Waals surface area contributed by atoms with Gasteiger partial charge >= 0.3 is 0 Å². The summed E-state index contributed by atoms with van der Waals surface area (Å²) in [5, 5.41) is 5.14. The molecule has 0 bridgehead atoms. The van der Waals surface area contributed by atoms with Crippen LogP contribution in [0.4, 0.5) is 0 Å². The minimum absolute atomic E-state index is 0.714. The molecule has 0 spiro atoms. The Morgan fingerprint density at radius 2 is 2.00 bits per heavy atom. The number of piperidine rings is 1. The van der Waals surface area contributed by atoms with Crippen LogP contribution in [0.5, 0.6) is 0 Å². The Bertz CT molecular complexity index is 428. The second kappa shape index (κ2) is 8.38. The Kier molecular flexibility index (Phi) is 6.81. The molecule has 0 radical (unpaired) electrons. The van der Waals surface area contributed by atoms with Gasteiger partial charge in [0, 0.05) is 28.7 Å². The van der Waals surface area contributed by atoms with Crippen molar-refractivity contribution < 1.29 is 0 Å². The van der Waals surface area contributed by atoms with Crippen molar-refractivity contribution in [1.82, 2.24) is 10.2 Å². The van der Waals surface area contributed by atoms with Gasteiger partial charge in [-0.2, -0.15) is 0 Å². The number of hydrogen-bond donors (Lipinski definition) is 1. The number of benzene rings is 1. The molecule has 0 amide bonds. The van der Waals surface area contributed by atoms with E-state index in [1.165, 1.54) is 12.8 Å². The van der Waals surface area contributed by atoms with Crippen molar-refractivity contribution in [3.05, 3.63) is 33.8 Å². The number of nitrogens with zero attached hydrogens (tertiary/aromatic N) is 1. The maximum Gasteiger partial charge on any atom is 0.0465 e. The summed E-state index contributed by atoms with van der Waals surface area (Å²) in [4.78, 5) is 2.48. The summed E-state index contributed by atoms with van der Waals surface area (Å²) in [5.41, 5.74) is 1.07. The first-order chi connectivity index (χ1) is 10.1. The van der Waals surface area contributed by atoms with Crippen LogP contribution < -0.4 is 5.32 Å². The predicted octanol–water partition coefficient (Wildman–Crippen LogP) is 4.45. The Morgan fingerprint density at radius 1 is 1.29 bits per heavy atom. The van der Waals surface area contributed by atoms with Gasteiger partial charge in [0.2, 0.25) is 0 Å². The van der Waals surface area contributed by atoms with Gasteiger partial charge in [0.05, 0.1) is 0 Å². The molecule has 4 heteroatoms. The van der Waals surface area contributed by atoms with Crippen molar-refractivity contribution in [2.75, 3.05) is 26.2 Å². The van der Waals surface area contributed by atoms with Gasteiger partial charge in [-0.05, 0) is 56.4 Å². The van der Waals surface area contributed by atoms with Crippen molar-refractivity contribution in [1.29, 1.82) is 0 Å². The van der Waals surface area contributed by atoms with E-state index in [9.17, 15) is 0 Å². The molecule has 1 aliphatic rings. The average Bonchev–Trinajstić information content (AvgIpc) is 2.43. The average molecular weight is 329 g/mol. The molecule has 2 nitrogen and oxygen atoms in total. The third-order valence-electron chi connectivity index (χ3n) is 4.03. The molecule has 1 saturated heterocycles. The van der Waals surface area contributed by atoms with Crippen molar-refractivity contribution in [3.8, 4) is 0 Å². The first kappa shape index (κ1) is 17.1. The third kappa shape index (κ3) is 5.45. The lowest BCUT2D eigenvalue weighted by Crippen LogP contribution is -2.39. The molecule has 1 unspecified atom stereocenters. The van der Waals surface area contributed by atoms with Crippen molar-refractivity contribution >= 4 is 23.2 Å². The minimum Gasteiger partial charge on any atom is -0.316 e. The highest BCUT2D eigenvalue weighted by Crippen LogP contribution is 2.27. The van der Waals surface area contributed by atoms with E-state index in [-0.39, 0.29) is 0 Å². The van der Waals surface area contributed by atoms with E-state index in [1.54, 1.807) is 0 Å². The summed E-state index contributed by atoms with van der Waals surface area (Å²) >= 11 is 12.6. The number of halogens is 2. The van der Waals surface area contributed by atoms with Gasteiger partial charge in [0.1, 0.15) is 0 Å². The summed E-state index contributed by atoms with van der Waals surface area (Å²) in [5.74, 6) is 1.45. The lowest BCUT2D eigenvalue weighted by Gasteiger charge is -2.33. The Morgan fingerprint density at radius 3 is 2.67 bits per heavy atom. The fourth-order valence-corrected chi connectivity index (χ4v) is 3.46. The molecule has 1 aliphatic heterocycles. The fourth-order valence-electron chi connectivity index (χ4n) is 2.94. The largest absolute Gasteiger partial charge is 0.316 e. The molecule has 1 N–H and O–H groups in total. The van der Waals surface area contributed by atoms with Crippen molar-refractivity contribution in [3.63, 3.8) is 0 Å². The van der Waals surface area contributed by atoms with Gasteiger partial charge in [-0.3, -0.25) is 4.90 Å². The highest BCUT2D eigenvalue weighted by Gasteiger charge is 2.21. The molecule has 1 aromatic carbocycles. The van der Waals surface area contributed by atoms with Gasteiger partial charge in [-0.15, -0.1) is 0 Å². The summed E-state index contributed by atoms with van der Waals surface area (Å²) < 4.78 is 0. The summed E-state index contributed by atoms with van der Waals surface area (Å²) in [6.45, 7) is 9.85. The molecule has 0 aromatic heterocycles. The van der Waals surface area contributed by atoms with E-state index in [4.69, 9.17) is 23.2 Å². The van der Waals surface area contributed by atoms with E-state index in [0.717, 1.165) is 54.3 Å². The molecule has 1 fully saturated rings. The Balaban J connectivity index is 1.86. The van der Waals surface area contributed by atoms with Gasteiger partial charge in [-0.25, -0.2) is 0 Å². The zero-order chi connectivity index (χ0) is 15.2. The van der Waals surface area contributed by atoms with E-state index in [0.29, 0.717) is 5.92 Å². The topological polar surface area (TPSA) is 15.3 Å². The molecular weight excluding hydrogens is 303 g/mol. The second-order valence-corrected chi connectivity index (χ2v) is 7.31. The van der Waals surface area contributed by atoms with Gasteiger partial charge in [-0.1, -0.05) is 43.1 Å². The smallest absolute Gasteiger partial charge is 0.0465 e. The van der Waals surface area contributed by atoms with Crippen LogP contribution in [0, 0.1) is 11.8 Å². The summed E-state index contributed by atoms with van der Waals surface area (Å²) in [6, 6.07) is 5.76. The molecule has 0 saturated carbocycles. The molecule has 1 atom stereocenters. The molecular formula is C17H26Cl2N2. The van der Waals surface area contributed by atoms with E-state index < -0.39 is 0 Å². The molecule has 2 rings (SSSR count). The van der Waals surface area contributed by atoms with Crippen molar-refractivity contribution in [2.45, 2.75) is 33.2 Å². The molecule has 0 aliphatic carbocycles. The third-order valence-corrected chi connectivity index (χ3v) is 4.74. The maximum atomic E-state index is 6.28. The highest BCUT2D eigenvalue weighted by atomic mass is 35.5. The van der Waals surface area contributed by atoms with Crippen LogP contribution in [-0.4, -0.2) is 31.1 Å². The Hall–Kier alpha value is -0.280. The highest BCUT2D eigenvalue weighted by molar-refractivity contribution is 6.35. The Labute approximate surface area is 138 Å². The number of rotatable bonds is 6. The van der Waals surface area contributed by atoms with E-state index in [2.05, 4.69) is 24.1 Å². The second-order valence-electron chi connectivity index (χ2n) is 6.50. The summed E-state index contributed by atoms with van der Waals surface area (Å²) in [7, 11) is 0. The van der Waals surface area contributed by atoms with Gasteiger partial charge in [0.15, 0.2) is 0 Å². The molecule has 1 heterocycles. The van der Waals surface area contributed by atoms with Crippen LogP contribution in [0.15, 0.2) is 18.2 Å². The molecule has 1 aromatic rings. The monoisotopic (exact) mass is 328 g/mol. The van der Waals surface area contributed by atoms with Crippen LogP contribution in [0.2, 0.25) is 10.0 Å². The van der Waals surface area contributed by atoms with Crippen LogP contribution in [0.25, 0.3) is 0 Å². The number of likely N-dealkylation sites (tertiary alicyclic amines) is 1. The summed E-state index contributed by atoms with van der Waals surface area (Å²) in [6.07, 6.45) is 2.58. The normalized spacial score (nSPS) is 20.1. The quantitative estimate of drug-likeness (QED) is 0.829. The number of hydrogen-bond acceptors (Lipinski definition) is 2. The first-order valence-electron chi connectivity index (χ1n) is 7.92. The maximum absolute atomic E-state index is 6.28. The standard InChI is InChI=1S/C17H26Cl2N2/c1-13(2)9-20-10-14-5-4-8-21(11-14)12-15-16(18)6-3-7-17(15)19/h3,6-7,13-14,20H,4-5,8-12H2,1-2H3.